The molecule has 5 nitrogen and oxygen atoms in total. The summed E-state index contributed by atoms with van der Waals surface area (Å²) in [5, 5.41) is 3.09. The van der Waals surface area contributed by atoms with Gasteiger partial charge in [-0.2, -0.15) is 0 Å². The maximum atomic E-state index is 13.7. The van der Waals surface area contributed by atoms with E-state index in [9.17, 15) is 14.0 Å². The molecule has 1 aromatic rings. The van der Waals surface area contributed by atoms with Crippen LogP contribution in [0.15, 0.2) is 18.2 Å². The molecule has 2 heterocycles. The summed E-state index contributed by atoms with van der Waals surface area (Å²) in [5.41, 5.74) is 0.450. The molecule has 0 bridgehead atoms. The molecule has 148 valence electrons. The Labute approximate surface area is 160 Å². The van der Waals surface area contributed by atoms with Crippen molar-refractivity contribution in [2.75, 3.05) is 20.2 Å². The average Bonchev–Trinajstić information content (AvgIpc) is 3.02. The van der Waals surface area contributed by atoms with Crippen LogP contribution in [0.5, 0.6) is 5.75 Å². The van der Waals surface area contributed by atoms with E-state index in [1.54, 1.807) is 12.1 Å². The standard InChI is InChI=1S/C21H29FN2O3/c1-15-4-3-11-24(14-15)20(26)8-10-21(9-7-19(25)23-21)13-16-5-6-17(22)18(12-16)27-2/h5-6,12,15H,3-4,7-11,13-14H2,1-2H3,(H,23,25). The lowest BCUT2D eigenvalue weighted by Crippen LogP contribution is -2.45. The molecule has 2 fully saturated rings. The molecule has 0 spiro atoms. The second-order valence-electron chi connectivity index (χ2n) is 8.06. The van der Waals surface area contributed by atoms with Gasteiger partial charge in [0.15, 0.2) is 11.6 Å². The van der Waals surface area contributed by atoms with E-state index in [0.29, 0.717) is 38.0 Å². The SMILES string of the molecule is COc1cc(CC2(CCC(=O)N3CCCC(C)C3)CCC(=O)N2)ccc1F. The van der Waals surface area contributed by atoms with Crippen molar-refractivity contribution >= 4 is 11.8 Å². The van der Waals surface area contributed by atoms with Crippen LogP contribution in [-0.4, -0.2) is 42.5 Å². The number of nitrogens with zero attached hydrogens (tertiary/aromatic N) is 1. The predicted octanol–water partition coefficient (Wildman–Crippen LogP) is 3.06. The number of carbonyl (C=O) groups is 2. The van der Waals surface area contributed by atoms with Gasteiger partial charge in [-0.05, 0) is 55.7 Å². The Bertz CT molecular complexity index is 709. The average molecular weight is 376 g/mol. The van der Waals surface area contributed by atoms with Gasteiger partial charge in [0.25, 0.3) is 0 Å². The van der Waals surface area contributed by atoms with Gasteiger partial charge in [-0.25, -0.2) is 4.39 Å². The lowest BCUT2D eigenvalue weighted by Gasteiger charge is -2.33. The minimum atomic E-state index is -0.447. The van der Waals surface area contributed by atoms with Crippen molar-refractivity contribution in [2.24, 2.45) is 5.92 Å². The fourth-order valence-corrected chi connectivity index (χ4v) is 4.31. The maximum absolute atomic E-state index is 13.7. The van der Waals surface area contributed by atoms with Gasteiger partial charge in [-0.3, -0.25) is 9.59 Å². The third kappa shape index (κ3) is 4.79. The van der Waals surface area contributed by atoms with Gasteiger partial charge in [0.2, 0.25) is 11.8 Å². The van der Waals surface area contributed by atoms with Gasteiger partial charge in [0.1, 0.15) is 0 Å². The van der Waals surface area contributed by atoms with Crippen LogP contribution in [0, 0.1) is 11.7 Å². The number of rotatable bonds is 6. The van der Waals surface area contributed by atoms with Gasteiger partial charge in [0.05, 0.1) is 7.11 Å². The molecule has 0 radical (unpaired) electrons. The highest BCUT2D eigenvalue weighted by Gasteiger charge is 2.38. The first-order valence-corrected chi connectivity index (χ1v) is 9.82. The number of benzene rings is 1. The van der Waals surface area contributed by atoms with E-state index in [4.69, 9.17) is 4.74 Å². The maximum Gasteiger partial charge on any atom is 0.222 e. The van der Waals surface area contributed by atoms with E-state index >= 15 is 0 Å². The number of carbonyl (C=O) groups excluding carboxylic acids is 2. The van der Waals surface area contributed by atoms with Crippen molar-refractivity contribution in [1.82, 2.24) is 10.2 Å². The van der Waals surface area contributed by atoms with Crippen molar-refractivity contribution in [3.05, 3.63) is 29.6 Å². The second kappa shape index (κ2) is 8.28. The zero-order valence-corrected chi connectivity index (χ0v) is 16.2. The van der Waals surface area contributed by atoms with Crippen LogP contribution in [-0.2, 0) is 16.0 Å². The molecular formula is C21H29FN2O3. The summed E-state index contributed by atoms with van der Waals surface area (Å²) in [4.78, 5) is 26.5. The van der Waals surface area contributed by atoms with Crippen molar-refractivity contribution < 1.29 is 18.7 Å². The number of piperidine rings is 1. The van der Waals surface area contributed by atoms with Crippen LogP contribution >= 0.6 is 0 Å². The molecule has 3 rings (SSSR count). The van der Waals surface area contributed by atoms with E-state index in [2.05, 4.69) is 12.2 Å². The minimum absolute atomic E-state index is 0.0168. The summed E-state index contributed by atoms with van der Waals surface area (Å²) >= 11 is 0. The molecule has 0 aromatic heterocycles. The fourth-order valence-electron chi connectivity index (χ4n) is 4.31. The Hall–Kier alpha value is -2.11. The van der Waals surface area contributed by atoms with Gasteiger partial charge in [-0.1, -0.05) is 13.0 Å². The third-order valence-corrected chi connectivity index (χ3v) is 5.82. The van der Waals surface area contributed by atoms with Crippen LogP contribution in [0.3, 0.4) is 0 Å². The molecule has 2 atom stereocenters. The Balaban J connectivity index is 1.68. The van der Waals surface area contributed by atoms with Crippen molar-refractivity contribution in [1.29, 1.82) is 0 Å². The van der Waals surface area contributed by atoms with E-state index in [0.717, 1.165) is 25.1 Å². The lowest BCUT2D eigenvalue weighted by atomic mass is 9.84. The van der Waals surface area contributed by atoms with Crippen molar-refractivity contribution in [3.8, 4) is 5.75 Å². The number of hydrogen-bond donors (Lipinski definition) is 1. The van der Waals surface area contributed by atoms with Gasteiger partial charge < -0.3 is 15.0 Å². The highest BCUT2D eigenvalue weighted by Crippen LogP contribution is 2.31. The number of amides is 2. The Kier molecular flexibility index (Phi) is 6.02. The zero-order valence-electron chi connectivity index (χ0n) is 16.2. The lowest BCUT2D eigenvalue weighted by molar-refractivity contribution is -0.133. The smallest absolute Gasteiger partial charge is 0.222 e. The summed E-state index contributed by atoms with van der Waals surface area (Å²) < 4.78 is 18.8. The minimum Gasteiger partial charge on any atom is -0.494 e. The molecule has 1 N–H and O–H groups in total. The molecule has 0 saturated carbocycles. The second-order valence-corrected chi connectivity index (χ2v) is 8.06. The van der Waals surface area contributed by atoms with E-state index < -0.39 is 11.4 Å². The molecule has 2 amide bonds. The first-order valence-electron chi connectivity index (χ1n) is 9.82. The monoisotopic (exact) mass is 376 g/mol. The van der Waals surface area contributed by atoms with Crippen LogP contribution in [0.4, 0.5) is 4.39 Å². The van der Waals surface area contributed by atoms with E-state index in [1.165, 1.54) is 19.6 Å². The fraction of sp³-hybridized carbons (Fsp3) is 0.619. The van der Waals surface area contributed by atoms with Crippen LogP contribution < -0.4 is 10.1 Å². The molecule has 2 unspecified atom stereocenters. The van der Waals surface area contributed by atoms with Gasteiger partial charge in [0, 0.05) is 31.5 Å². The number of ether oxygens (including phenoxy) is 1. The van der Waals surface area contributed by atoms with E-state index in [-0.39, 0.29) is 17.6 Å². The van der Waals surface area contributed by atoms with Gasteiger partial charge in [-0.15, -0.1) is 0 Å². The number of halogens is 1. The largest absolute Gasteiger partial charge is 0.494 e. The molecule has 27 heavy (non-hydrogen) atoms. The molecule has 2 aliphatic rings. The number of likely N-dealkylation sites (tertiary alicyclic amines) is 1. The first-order chi connectivity index (χ1) is 12.9. The number of hydrogen-bond acceptors (Lipinski definition) is 3. The Morgan fingerprint density at radius 3 is 2.93 bits per heavy atom. The van der Waals surface area contributed by atoms with Crippen LogP contribution in [0.2, 0.25) is 0 Å². The molecule has 1 aromatic carbocycles. The van der Waals surface area contributed by atoms with Gasteiger partial charge >= 0.3 is 0 Å². The van der Waals surface area contributed by atoms with Crippen LogP contribution in [0.25, 0.3) is 0 Å². The van der Waals surface area contributed by atoms with E-state index in [1.807, 2.05) is 4.90 Å². The third-order valence-electron chi connectivity index (χ3n) is 5.82. The summed E-state index contributed by atoms with van der Waals surface area (Å²) in [7, 11) is 1.44. The molecule has 2 aliphatic heterocycles. The van der Waals surface area contributed by atoms with Crippen molar-refractivity contribution in [2.45, 2.75) is 57.4 Å². The number of nitrogens with one attached hydrogen (secondary N) is 1. The molecule has 2 saturated heterocycles. The molecular weight excluding hydrogens is 347 g/mol. The molecule has 0 aliphatic carbocycles. The summed E-state index contributed by atoms with van der Waals surface area (Å²) in [6, 6.07) is 4.78. The normalized spacial score (nSPS) is 25.4. The zero-order chi connectivity index (χ0) is 19.4. The quantitative estimate of drug-likeness (QED) is 0.830. The highest BCUT2D eigenvalue weighted by molar-refractivity contribution is 5.80. The Morgan fingerprint density at radius 2 is 2.26 bits per heavy atom. The predicted molar refractivity (Wildman–Crippen MR) is 101 cm³/mol. The van der Waals surface area contributed by atoms with Crippen molar-refractivity contribution in [3.63, 3.8) is 0 Å². The number of methoxy groups -OCH3 is 1. The molecule has 6 heteroatoms. The topological polar surface area (TPSA) is 58.6 Å². The highest BCUT2D eigenvalue weighted by atomic mass is 19.1. The Morgan fingerprint density at radius 1 is 1.44 bits per heavy atom. The summed E-state index contributed by atoms with van der Waals surface area (Å²) in [6.07, 6.45) is 4.98. The summed E-state index contributed by atoms with van der Waals surface area (Å²) in [5.74, 6) is 0.530. The first kappa shape index (κ1) is 19.6. The van der Waals surface area contributed by atoms with Crippen LogP contribution in [0.1, 0.15) is 51.0 Å². The summed E-state index contributed by atoms with van der Waals surface area (Å²) in [6.45, 7) is 3.84.